The van der Waals surface area contributed by atoms with E-state index in [2.05, 4.69) is 21.4 Å². The van der Waals surface area contributed by atoms with Crippen LogP contribution in [0.2, 0.25) is 0 Å². The lowest BCUT2D eigenvalue weighted by molar-refractivity contribution is -0.177. The predicted octanol–water partition coefficient (Wildman–Crippen LogP) is 6.91. The van der Waals surface area contributed by atoms with Crippen molar-refractivity contribution in [1.29, 1.82) is 0 Å². The summed E-state index contributed by atoms with van der Waals surface area (Å²) in [6.45, 7) is 6.56. The zero-order valence-electron chi connectivity index (χ0n) is 28.1. The minimum atomic E-state index is -5.03. The van der Waals surface area contributed by atoms with Crippen molar-refractivity contribution in [2.45, 2.75) is 77.8 Å². The molecule has 2 aromatic heterocycles. The number of pyridine rings is 2. The van der Waals surface area contributed by atoms with Gasteiger partial charge in [-0.1, -0.05) is 26.3 Å². The topological polar surface area (TPSA) is 128 Å². The molecule has 0 aliphatic carbocycles. The number of hydrogen-bond acceptors (Lipinski definition) is 7. The third-order valence-electron chi connectivity index (χ3n) is 8.08. The van der Waals surface area contributed by atoms with Gasteiger partial charge in [-0.2, -0.15) is 26.3 Å². The second-order valence-corrected chi connectivity index (χ2v) is 11.9. The van der Waals surface area contributed by atoms with Crippen LogP contribution in [0.3, 0.4) is 0 Å². The highest BCUT2D eigenvalue weighted by molar-refractivity contribution is 5.88. The Labute approximate surface area is 279 Å². The van der Waals surface area contributed by atoms with Gasteiger partial charge in [-0.15, -0.1) is 0 Å². The van der Waals surface area contributed by atoms with Crippen molar-refractivity contribution in [2.75, 3.05) is 24.6 Å². The number of halogens is 8. The molecule has 2 atom stereocenters. The minimum absolute atomic E-state index is 0.0440. The van der Waals surface area contributed by atoms with E-state index in [9.17, 15) is 40.3 Å². The van der Waals surface area contributed by atoms with E-state index in [0.29, 0.717) is 24.3 Å². The maximum atomic E-state index is 15.8. The number of nitrogen functional groups attached to an aromatic ring is 1. The summed E-state index contributed by atoms with van der Waals surface area (Å²) >= 11 is 0. The summed E-state index contributed by atoms with van der Waals surface area (Å²) in [6.07, 6.45) is -5.51. The number of rotatable bonds is 9. The monoisotopic (exact) mass is 706 g/mol. The Morgan fingerprint density at radius 3 is 2.22 bits per heavy atom. The number of carbonyl (C=O) groups excluding carboxylic acids is 1. The maximum Gasteiger partial charge on any atom is 0.417 e. The van der Waals surface area contributed by atoms with Gasteiger partial charge < -0.3 is 26.7 Å². The normalized spacial score (nSPS) is 16.4. The van der Waals surface area contributed by atoms with Crippen LogP contribution in [-0.2, 0) is 26.2 Å². The number of benzene rings is 1. The first kappa shape index (κ1) is 41.1. The van der Waals surface area contributed by atoms with Crippen molar-refractivity contribution in [1.82, 2.24) is 14.9 Å². The van der Waals surface area contributed by atoms with Crippen molar-refractivity contribution in [3.05, 3.63) is 74.3 Å². The van der Waals surface area contributed by atoms with Crippen molar-refractivity contribution >= 4 is 17.7 Å². The van der Waals surface area contributed by atoms with Crippen LogP contribution in [0.25, 0.3) is 11.3 Å². The van der Waals surface area contributed by atoms with Crippen LogP contribution < -0.4 is 27.7 Å². The van der Waals surface area contributed by atoms with E-state index in [1.165, 1.54) is 43.9 Å². The van der Waals surface area contributed by atoms with Crippen LogP contribution >= 0.6 is 0 Å². The second kappa shape index (κ2) is 16.6. The van der Waals surface area contributed by atoms with Crippen molar-refractivity contribution in [3.63, 3.8) is 0 Å². The predicted molar refractivity (Wildman–Crippen MR) is 173 cm³/mol. The lowest BCUT2D eigenvalue weighted by Crippen LogP contribution is -2.56. The Bertz CT molecular complexity index is 1670. The van der Waals surface area contributed by atoms with Gasteiger partial charge in [0, 0.05) is 37.0 Å². The average Bonchev–Trinajstić information content (AvgIpc) is 3.00. The number of hydrogen-bond donors (Lipinski definition) is 4. The maximum absolute atomic E-state index is 15.8. The van der Waals surface area contributed by atoms with Gasteiger partial charge in [-0.25, -0.2) is 13.8 Å². The molecule has 6 N–H and O–H groups in total. The van der Waals surface area contributed by atoms with Crippen LogP contribution in [0.5, 0.6) is 0 Å². The van der Waals surface area contributed by atoms with E-state index in [0.717, 1.165) is 19.9 Å². The zero-order valence-corrected chi connectivity index (χ0v) is 28.1. The third-order valence-corrected chi connectivity index (χ3v) is 8.08. The number of aromatic nitrogens is 2. The molecule has 16 heteroatoms. The lowest BCUT2D eigenvalue weighted by atomic mass is 9.81. The number of nitrogens with one attached hydrogen (secondary N) is 2. The van der Waals surface area contributed by atoms with Crippen LogP contribution in [0, 0.1) is 24.5 Å². The molecule has 0 radical (unpaired) electrons. The number of aryl methyl sites for hydroxylation is 2. The van der Waals surface area contributed by atoms with Crippen molar-refractivity contribution < 1.29 is 39.9 Å². The molecule has 8 nitrogen and oxygen atoms in total. The Morgan fingerprint density at radius 1 is 1.14 bits per heavy atom. The summed E-state index contributed by atoms with van der Waals surface area (Å²) in [6, 6.07) is 3.49. The first-order valence-electron chi connectivity index (χ1n) is 15.4. The van der Waals surface area contributed by atoms with E-state index in [1.807, 2.05) is 6.92 Å². The molecule has 4 rings (SSSR count). The van der Waals surface area contributed by atoms with Gasteiger partial charge in [-0.3, -0.25) is 9.59 Å². The fraction of sp³-hybridized carbons (Fsp3) is 0.485. The highest BCUT2D eigenvalue weighted by Gasteiger charge is 2.43. The van der Waals surface area contributed by atoms with Crippen LogP contribution in [-0.4, -0.2) is 41.1 Å². The van der Waals surface area contributed by atoms with E-state index < -0.39 is 58.0 Å². The summed E-state index contributed by atoms with van der Waals surface area (Å²) in [5.74, 6) is -3.67. The summed E-state index contributed by atoms with van der Waals surface area (Å²) in [7, 11) is 3.02. The highest BCUT2D eigenvalue weighted by atomic mass is 19.4. The molecular formula is C33H42F8N6O2. The molecule has 3 aromatic rings. The molecule has 2 unspecified atom stereocenters. The molecule has 0 saturated carbocycles. The lowest BCUT2D eigenvalue weighted by Gasteiger charge is -2.42. The number of alkyl halides is 6. The summed E-state index contributed by atoms with van der Waals surface area (Å²) in [5.41, 5.74) is 5.46. The first-order chi connectivity index (χ1) is 22.7. The van der Waals surface area contributed by atoms with Gasteiger partial charge in [-0.05, 0) is 63.9 Å². The van der Waals surface area contributed by atoms with Gasteiger partial charge in [0.2, 0.25) is 5.56 Å². The van der Waals surface area contributed by atoms with Gasteiger partial charge in [0.1, 0.15) is 11.5 Å². The second-order valence-electron chi connectivity index (χ2n) is 11.9. The average molecular weight is 707 g/mol. The molecule has 0 amide bonds. The molecule has 0 spiro atoms. The first-order valence-corrected chi connectivity index (χ1v) is 15.4. The molecule has 1 aliphatic rings. The number of carbonyl (C=O) groups is 1. The van der Waals surface area contributed by atoms with Gasteiger partial charge in [0.05, 0.1) is 34.1 Å². The van der Waals surface area contributed by atoms with E-state index >= 15 is 4.39 Å². The van der Waals surface area contributed by atoms with Crippen LogP contribution in [0.4, 0.5) is 46.5 Å². The number of aldehydes is 1. The molecule has 272 valence electrons. The van der Waals surface area contributed by atoms with Crippen molar-refractivity contribution in [3.8, 4) is 11.3 Å². The quantitative estimate of drug-likeness (QED) is 0.108. The summed E-state index contributed by atoms with van der Waals surface area (Å²) < 4.78 is 109. The number of nitrogens with zero attached hydrogens (tertiary/aromatic N) is 2. The Hall–Kier alpha value is -4.05. The summed E-state index contributed by atoms with van der Waals surface area (Å²) in [5, 5.41) is 5.78. The number of nitrogens with two attached hydrogens (primary N) is 2. The number of anilines is 2. The SMILES string of the molecule is CC(CC1(C)CCN1)C(F)(F)F.CCCc1nc(-c2cc(N)c(F)c(C)c2C(F)(F)F)c(F)c(NCc2ccc(=O)n(C)c2)c1C=O.CN. The van der Waals surface area contributed by atoms with Crippen LogP contribution in [0.1, 0.15) is 72.8 Å². The van der Waals surface area contributed by atoms with Gasteiger partial charge in [0.25, 0.3) is 0 Å². The summed E-state index contributed by atoms with van der Waals surface area (Å²) in [4.78, 5) is 27.5. The largest absolute Gasteiger partial charge is 0.417 e. The zero-order chi connectivity index (χ0) is 37.5. The van der Waals surface area contributed by atoms with Gasteiger partial charge >= 0.3 is 12.4 Å². The highest BCUT2D eigenvalue weighted by Crippen LogP contribution is 2.43. The van der Waals surface area contributed by atoms with Gasteiger partial charge in [0.15, 0.2) is 12.1 Å². The molecule has 1 aromatic carbocycles. The molecule has 3 heterocycles. The Balaban J connectivity index is 0.000000498. The molecule has 1 aliphatic heterocycles. The Morgan fingerprint density at radius 2 is 1.76 bits per heavy atom. The minimum Gasteiger partial charge on any atom is -0.396 e. The van der Waals surface area contributed by atoms with Crippen molar-refractivity contribution in [2.24, 2.45) is 18.7 Å². The molecule has 49 heavy (non-hydrogen) atoms. The standard InChI is InChI=1S/C24H23F5N4O2.C8H14F3N.CH5N/c1-4-5-17-15(11-34)22(31-9-13-6-7-18(35)33(3)10-13)21(26)23(32-17)14-8-16(30)20(25)12(2)19(14)24(27,28)29;1-6(8(9,10)11)5-7(2)3-4-12-7;1-2/h6-8,10-11H,4-5,9,30H2,1-3H3,(H,31,32);6,12H,3-5H2,1-2H3;2H2,1H3. The fourth-order valence-electron chi connectivity index (χ4n) is 5.37. The van der Waals surface area contributed by atoms with E-state index in [-0.39, 0.29) is 47.4 Å². The van der Waals surface area contributed by atoms with Crippen LogP contribution in [0.15, 0.2) is 29.2 Å². The third kappa shape index (κ3) is 10.00. The fourth-order valence-corrected chi connectivity index (χ4v) is 5.37. The van der Waals surface area contributed by atoms with E-state index in [1.54, 1.807) is 6.92 Å². The van der Waals surface area contributed by atoms with E-state index in [4.69, 9.17) is 5.73 Å². The molecule has 0 bridgehead atoms. The smallest absolute Gasteiger partial charge is 0.396 e. The molecule has 1 saturated heterocycles. The Kier molecular flexibility index (Phi) is 13.9. The molecular weight excluding hydrogens is 664 g/mol. The molecule has 1 fully saturated rings.